The van der Waals surface area contributed by atoms with Crippen molar-refractivity contribution in [1.29, 1.82) is 0 Å². The van der Waals surface area contributed by atoms with Crippen molar-refractivity contribution in [2.45, 2.75) is 13.8 Å². The first-order valence-electron chi connectivity index (χ1n) is 8.24. The Morgan fingerprint density at radius 3 is 2.69 bits per heavy atom. The second kappa shape index (κ2) is 6.11. The third-order valence-electron chi connectivity index (χ3n) is 4.20. The predicted molar refractivity (Wildman–Crippen MR) is 96.8 cm³/mol. The maximum atomic E-state index is 12.9. The molecule has 0 aliphatic heterocycles. The van der Waals surface area contributed by atoms with Gasteiger partial charge in [0.05, 0.1) is 23.2 Å². The summed E-state index contributed by atoms with van der Waals surface area (Å²) in [5.41, 5.74) is 2.37. The van der Waals surface area contributed by atoms with Gasteiger partial charge in [0, 0.05) is 18.1 Å². The molecule has 0 aliphatic carbocycles. The zero-order valence-electron chi connectivity index (χ0n) is 14.3. The molecule has 0 unspecified atom stereocenters. The van der Waals surface area contributed by atoms with Crippen molar-refractivity contribution >= 4 is 22.5 Å². The highest BCUT2D eigenvalue weighted by molar-refractivity contribution is 5.98. The average molecular weight is 348 g/mol. The van der Waals surface area contributed by atoms with Crippen molar-refractivity contribution in [2.24, 2.45) is 0 Å². The summed E-state index contributed by atoms with van der Waals surface area (Å²) in [6.07, 6.45) is 3.18. The van der Waals surface area contributed by atoms with E-state index in [0.29, 0.717) is 27.8 Å². The molecule has 7 heteroatoms. The Morgan fingerprint density at radius 1 is 1.19 bits per heavy atom. The Balaban J connectivity index is 1.98. The van der Waals surface area contributed by atoms with Crippen LogP contribution in [0.25, 0.3) is 22.2 Å². The number of para-hydroxylation sites is 1. The Kier molecular flexibility index (Phi) is 3.76. The number of esters is 1. The van der Waals surface area contributed by atoms with Crippen molar-refractivity contribution in [1.82, 2.24) is 19.2 Å². The molecule has 4 aromatic rings. The van der Waals surface area contributed by atoms with Crippen molar-refractivity contribution in [3.63, 3.8) is 0 Å². The molecule has 0 N–H and O–H groups in total. The van der Waals surface area contributed by atoms with Crippen LogP contribution in [0.4, 0.5) is 0 Å². The summed E-state index contributed by atoms with van der Waals surface area (Å²) in [7, 11) is 0. The molecule has 0 saturated heterocycles. The van der Waals surface area contributed by atoms with Crippen LogP contribution in [0, 0.1) is 6.92 Å². The predicted octanol–water partition coefficient (Wildman–Crippen LogP) is 2.52. The van der Waals surface area contributed by atoms with Gasteiger partial charge in [-0.1, -0.05) is 18.2 Å². The normalized spacial score (nSPS) is 11.2. The van der Waals surface area contributed by atoms with E-state index in [9.17, 15) is 9.59 Å². The Morgan fingerprint density at radius 2 is 1.96 bits per heavy atom. The van der Waals surface area contributed by atoms with E-state index in [0.717, 1.165) is 5.69 Å². The smallest absolute Gasteiger partial charge is 0.343 e. The van der Waals surface area contributed by atoms with Crippen molar-refractivity contribution in [2.75, 3.05) is 6.61 Å². The van der Waals surface area contributed by atoms with Gasteiger partial charge in [-0.15, -0.1) is 0 Å². The van der Waals surface area contributed by atoms with Gasteiger partial charge in [-0.05, 0) is 32.0 Å². The SMILES string of the molecule is CCOC(=O)c1c(C)nn2c1ncc1c(=O)n(-c3ccccc3)ccc12. The Bertz CT molecular complexity index is 1190. The maximum absolute atomic E-state index is 12.9. The summed E-state index contributed by atoms with van der Waals surface area (Å²) in [5, 5.41) is 4.81. The Hall–Kier alpha value is -3.48. The molecular formula is C19H16N4O3. The summed E-state index contributed by atoms with van der Waals surface area (Å²) in [4.78, 5) is 29.4. The molecule has 0 bridgehead atoms. The van der Waals surface area contributed by atoms with Crippen LogP contribution in [0.5, 0.6) is 0 Å². The van der Waals surface area contributed by atoms with Gasteiger partial charge in [-0.25, -0.2) is 14.3 Å². The van der Waals surface area contributed by atoms with Gasteiger partial charge in [0.25, 0.3) is 5.56 Å². The van der Waals surface area contributed by atoms with E-state index in [1.165, 1.54) is 10.7 Å². The third-order valence-corrected chi connectivity index (χ3v) is 4.20. The molecule has 3 aromatic heterocycles. The number of carbonyl (C=O) groups excluding carboxylic acids is 1. The van der Waals surface area contributed by atoms with Crippen LogP contribution >= 0.6 is 0 Å². The van der Waals surface area contributed by atoms with Crippen LogP contribution in [0.3, 0.4) is 0 Å². The molecule has 7 nitrogen and oxygen atoms in total. The number of fused-ring (bicyclic) bond motifs is 3. The van der Waals surface area contributed by atoms with Crippen LogP contribution in [0.2, 0.25) is 0 Å². The van der Waals surface area contributed by atoms with Gasteiger partial charge < -0.3 is 4.74 Å². The monoisotopic (exact) mass is 348 g/mol. The second-order valence-corrected chi connectivity index (χ2v) is 5.80. The van der Waals surface area contributed by atoms with Crippen LogP contribution in [0.1, 0.15) is 23.0 Å². The molecule has 0 amide bonds. The van der Waals surface area contributed by atoms with E-state index >= 15 is 0 Å². The molecule has 4 rings (SSSR count). The zero-order valence-corrected chi connectivity index (χ0v) is 14.3. The van der Waals surface area contributed by atoms with Crippen LogP contribution < -0.4 is 5.56 Å². The fourth-order valence-electron chi connectivity index (χ4n) is 3.01. The molecule has 0 saturated carbocycles. The van der Waals surface area contributed by atoms with Crippen LogP contribution in [-0.4, -0.2) is 31.7 Å². The van der Waals surface area contributed by atoms with E-state index in [2.05, 4.69) is 10.1 Å². The molecule has 0 radical (unpaired) electrons. The van der Waals surface area contributed by atoms with Crippen LogP contribution in [0.15, 0.2) is 53.6 Å². The first-order valence-corrected chi connectivity index (χ1v) is 8.24. The fourth-order valence-corrected chi connectivity index (χ4v) is 3.01. The average Bonchev–Trinajstić information content (AvgIpc) is 2.99. The second-order valence-electron chi connectivity index (χ2n) is 5.80. The molecule has 0 spiro atoms. The minimum absolute atomic E-state index is 0.200. The summed E-state index contributed by atoms with van der Waals surface area (Å²) in [6, 6.07) is 11.1. The van der Waals surface area contributed by atoms with E-state index in [-0.39, 0.29) is 12.2 Å². The highest BCUT2D eigenvalue weighted by Crippen LogP contribution is 2.19. The highest BCUT2D eigenvalue weighted by Gasteiger charge is 2.21. The first kappa shape index (κ1) is 16.0. The van der Waals surface area contributed by atoms with Crippen molar-refractivity contribution in [3.05, 3.63) is 70.4 Å². The lowest BCUT2D eigenvalue weighted by Crippen LogP contribution is -2.18. The number of nitrogens with zero attached hydrogens (tertiary/aromatic N) is 4. The lowest BCUT2D eigenvalue weighted by molar-refractivity contribution is 0.0527. The molecular weight excluding hydrogens is 332 g/mol. The number of hydrogen-bond donors (Lipinski definition) is 0. The highest BCUT2D eigenvalue weighted by atomic mass is 16.5. The number of rotatable bonds is 3. The number of carbonyl (C=O) groups is 1. The number of aryl methyl sites for hydroxylation is 1. The van der Waals surface area contributed by atoms with Gasteiger partial charge >= 0.3 is 5.97 Å². The summed E-state index contributed by atoms with van der Waals surface area (Å²) < 4.78 is 8.17. The minimum Gasteiger partial charge on any atom is -0.462 e. The fraction of sp³-hybridized carbons (Fsp3) is 0.158. The Labute approximate surface area is 148 Å². The molecule has 0 atom stereocenters. The molecule has 3 heterocycles. The first-order chi connectivity index (χ1) is 12.6. The lowest BCUT2D eigenvalue weighted by Gasteiger charge is -2.08. The van der Waals surface area contributed by atoms with Crippen LogP contribution in [-0.2, 0) is 4.74 Å². The summed E-state index contributed by atoms with van der Waals surface area (Å²) in [5.74, 6) is -0.468. The lowest BCUT2D eigenvalue weighted by atomic mass is 10.2. The van der Waals surface area contributed by atoms with Gasteiger partial charge in [0.15, 0.2) is 5.65 Å². The van der Waals surface area contributed by atoms with Gasteiger partial charge in [0.1, 0.15) is 5.56 Å². The van der Waals surface area contributed by atoms with Gasteiger partial charge in [0.2, 0.25) is 0 Å². The van der Waals surface area contributed by atoms with E-state index in [1.807, 2.05) is 30.3 Å². The summed E-state index contributed by atoms with van der Waals surface area (Å²) in [6.45, 7) is 3.73. The number of hydrogen-bond acceptors (Lipinski definition) is 5. The van der Waals surface area contributed by atoms with E-state index in [1.54, 1.807) is 30.7 Å². The maximum Gasteiger partial charge on any atom is 0.343 e. The standard InChI is InChI=1S/C19H16N4O3/c1-3-26-19(25)16-12(2)21-23-15-9-10-22(13-7-5-4-6-8-13)18(24)14(15)11-20-17(16)23/h4-11H,3H2,1-2H3. The third kappa shape index (κ3) is 2.36. The largest absolute Gasteiger partial charge is 0.462 e. The molecule has 26 heavy (non-hydrogen) atoms. The van der Waals surface area contributed by atoms with Gasteiger partial charge in [-0.2, -0.15) is 5.10 Å². The zero-order chi connectivity index (χ0) is 18.3. The molecule has 0 aliphatic rings. The number of ether oxygens (including phenoxy) is 1. The number of benzene rings is 1. The quantitative estimate of drug-likeness (QED) is 0.532. The van der Waals surface area contributed by atoms with E-state index < -0.39 is 5.97 Å². The minimum atomic E-state index is -0.468. The summed E-state index contributed by atoms with van der Waals surface area (Å²) >= 11 is 0. The van der Waals surface area contributed by atoms with Crippen molar-refractivity contribution < 1.29 is 9.53 Å². The molecule has 1 aromatic carbocycles. The molecule has 0 fully saturated rings. The number of pyridine rings is 1. The van der Waals surface area contributed by atoms with Crippen molar-refractivity contribution in [3.8, 4) is 5.69 Å². The molecule has 130 valence electrons. The number of aromatic nitrogens is 4. The van der Waals surface area contributed by atoms with Gasteiger partial charge in [-0.3, -0.25) is 9.36 Å². The topological polar surface area (TPSA) is 78.5 Å². The van der Waals surface area contributed by atoms with E-state index in [4.69, 9.17) is 4.74 Å².